The van der Waals surface area contributed by atoms with Crippen LogP contribution in [-0.2, 0) is 14.8 Å². The number of alkyl halides is 3. The lowest BCUT2D eigenvalue weighted by Gasteiger charge is -2.30. The number of nitrogen functional groups attached to an aromatic ring is 1. The summed E-state index contributed by atoms with van der Waals surface area (Å²) < 4.78 is 65.4. The van der Waals surface area contributed by atoms with E-state index in [0.717, 1.165) is 35.2 Å². The Morgan fingerprint density at radius 1 is 1.16 bits per heavy atom. The van der Waals surface area contributed by atoms with Crippen LogP contribution in [0.4, 0.5) is 19.0 Å². The molecule has 1 aliphatic rings. The van der Waals surface area contributed by atoms with E-state index in [2.05, 4.69) is 10.1 Å². The summed E-state index contributed by atoms with van der Waals surface area (Å²) in [5, 5.41) is 11.0. The Labute approximate surface area is 212 Å². The molecule has 9 nitrogen and oxygen atoms in total. The van der Waals surface area contributed by atoms with Crippen molar-refractivity contribution in [1.29, 1.82) is 0 Å². The number of carboxylic acid groups (broad SMARTS) is 1. The summed E-state index contributed by atoms with van der Waals surface area (Å²) in [4.78, 5) is 13.5. The first-order valence-electron chi connectivity index (χ1n) is 11.2. The summed E-state index contributed by atoms with van der Waals surface area (Å²) in [6, 6.07) is 8.89. The molecule has 0 spiro atoms. The van der Waals surface area contributed by atoms with Gasteiger partial charge in [0.05, 0.1) is 16.2 Å². The molecule has 0 unspecified atom stereocenters. The number of nitrogens with zero attached hydrogens (tertiary/aromatic N) is 3. The fraction of sp³-hybridized carbons (Fsp3) is 0.375. The van der Waals surface area contributed by atoms with Crippen molar-refractivity contribution < 1.29 is 36.0 Å². The molecule has 0 saturated carbocycles. The normalized spacial score (nSPS) is 15.8. The zero-order valence-corrected chi connectivity index (χ0v) is 21.4. The average Bonchev–Trinajstić information content (AvgIpc) is 3.39. The van der Waals surface area contributed by atoms with E-state index in [1.54, 1.807) is 28.7 Å². The van der Waals surface area contributed by atoms with Gasteiger partial charge in [-0.1, -0.05) is 11.2 Å². The quantitative estimate of drug-likeness (QED) is 0.481. The van der Waals surface area contributed by atoms with Crippen LogP contribution in [0.3, 0.4) is 0 Å². The molecule has 0 bridgehead atoms. The van der Waals surface area contributed by atoms with Crippen molar-refractivity contribution in [3.8, 4) is 22.5 Å². The zero-order chi connectivity index (χ0) is 27.8. The Morgan fingerprint density at radius 3 is 2.32 bits per heavy atom. The van der Waals surface area contributed by atoms with Crippen molar-refractivity contribution >= 4 is 21.8 Å². The van der Waals surface area contributed by atoms with Crippen LogP contribution in [0.5, 0.6) is 0 Å². The highest BCUT2D eigenvalue weighted by molar-refractivity contribution is 7.89. The van der Waals surface area contributed by atoms with E-state index in [0.29, 0.717) is 23.7 Å². The van der Waals surface area contributed by atoms with Crippen LogP contribution in [0.2, 0.25) is 0 Å². The Balaban J connectivity index is 0.000000479. The van der Waals surface area contributed by atoms with Crippen molar-refractivity contribution in [2.45, 2.75) is 57.1 Å². The lowest BCUT2D eigenvalue weighted by Crippen LogP contribution is -2.42. The molecule has 1 fully saturated rings. The lowest BCUT2D eigenvalue weighted by atomic mass is 10.00. The molecule has 1 aliphatic heterocycles. The summed E-state index contributed by atoms with van der Waals surface area (Å²) >= 11 is 0. The van der Waals surface area contributed by atoms with Gasteiger partial charge in [0.2, 0.25) is 10.0 Å². The minimum atomic E-state index is -5.08. The van der Waals surface area contributed by atoms with E-state index in [9.17, 15) is 21.6 Å². The molecule has 0 aliphatic carbocycles. The smallest absolute Gasteiger partial charge is 0.475 e. The molecule has 4 rings (SSSR count). The third-order valence-corrected chi connectivity index (χ3v) is 8.09. The molecular weight excluding hydrogens is 513 g/mol. The van der Waals surface area contributed by atoms with Crippen molar-refractivity contribution in [3.05, 3.63) is 47.8 Å². The second kappa shape index (κ2) is 10.1. The number of benzene rings is 1. The predicted octanol–water partition coefficient (Wildman–Crippen LogP) is 4.80. The number of sulfonamides is 1. The molecule has 3 aromatic rings. The van der Waals surface area contributed by atoms with Gasteiger partial charge in [0.15, 0.2) is 5.76 Å². The molecule has 1 saturated heterocycles. The van der Waals surface area contributed by atoms with Gasteiger partial charge in [-0.05, 0) is 69.9 Å². The number of nitrogens with two attached hydrogens (primary N) is 1. The first kappa shape index (κ1) is 28.1. The molecule has 1 aromatic carbocycles. The van der Waals surface area contributed by atoms with Gasteiger partial charge in [0.1, 0.15) is 5.82 Å². The van der Waals surface area contributed by atoms with Crippen LogP contribution in [-0.4, -0.2) is 52.2 Å². The van der Waals surface area contributed by atoms with Crippen LogP contribution < -0.4 is 5.73 Å². The Morgan fingerprint density at radius 2 is 1.81 bits per heavy atom. The van der Waals surface area contributed by atoms with Crippen LogP contribution in [0.15, 0.2) is 45.9 Å². The van der Waals surface area contributed by atoms with Crippen molar-refractivity contribution in [3.63, 3.8) is 0 Å². The number of hydrogen-bond acceptors (Lipinski definition) is 7. The number of carboxylic acids is 1. The number of pyridine rings is 1. The zero-order valence-electron chi connectivity index (χ0n) is 20.6. The number of anilines is 1. The number of aromatic nitrogens is 2. The Bertz CT molecular complexity index is 1420. The van der Waals surface area contributed by atoms with E-state index < -0.39 is 22.2 Å². The highest BCUT2D eigenvalue weighted by Gasteiger charge is 2.41. The lowest BCUT2D eigenvalue weighted by molar-refractivity contribution is -0.192. The fourth-order valence-electron chi connectivity index (χ4n) is 4.04. The minimum Gasteiger partial charge on any atom is -0.475 e. The van der Waals surface area contributed by atoms with Gasteiger partial charge in [0.25, 0.3) is 0 Å². The number of hydrogen-bond donors (Lipinski definition) is 2. The number of halogens is 3. The summed E-state index contributed by atoms with van der Waals surface area (Å²) in [6.07, 6.45) is -1.71. The summed E-state index contributed by atoms with van der Waals surface area (Å²) in [7, 11) is -3.60. The highest BCUT2D eigenvalue weighted by Crippen LogP contribution is 2.36. The second-order valence-electron chi connectivity index (χ2n) is 9.26. The van der Waals surface area contributed by atoms with Crippen molar-refractivity contribution in [2.75, 3.05) is 12.3 Å². The third kappa shape index (κ3) is 6.10. The number of rotatable bonds is 4. The molecule has 200 valence electrons. The molecule has 0 amide bonds. The maximum absolute atomic E-state index is 13.4. The maximum Gasteiger partial charge on any atom is 0.490 e. The van der Waals surface area contributed by atoms with Gasteiger partial charge in [-0.25, -0.2) is 18.2 Å². The Kier molecular flexibility index (Phi) is 7.70. The molecule has 3 N–H and O–H groups in total. The molecule has 13 heteroatoms. The summed E-state index contributed by atoms with van der Waals surface area (Å²) in [5.41, 5.74) is 9.54. The third-order valence-electron chi connectivity index (χ3n) is 5.99. The minimum absolute atomic E-state index is 0.284. The predicted molar refractivity (Wildman–Crippen MR) is 130 cm³/mol. The first-order chi connectivity index (χ1) is 17.0. The molecular formula is C24H27F3N4O5S. The second-order valence-corrected chi connectivity index (χ2v) is 11.1. The van der Waals surface area contributed by atoms with Crippen LogP contribution in [0, 0.1) is 13.8 Å². The summed E-state index contributed by atoms with van der Waals surface area (Å²) in [6.45, 7) is 8.26. The standard InChI is InChI=1S/C22H26N4O3S.C2HF3O2/c1-14-6-7-17(30(27,28)26-9-5-8-22(26,3)4)12-18(14)16-11-19(21(23)24-13-16)20-10-15(2)25-29-20;3-2(4,5)1(6)7/h6-7,10-13H,5,8-9H2,1-4H3,(H2,23,24);(H,6,7). The van der Waals surface area contributed by atoms with Gasteiger partial charge in [-0.2, -0.15) is 17.5 Å². The van der Waals surface area contributed by atoms with E-state index in [-0.39, 0.29) is 10.4 Å². The molecule has 0 atom stereocenters. The summed E-state index contributed by atoms with van der Waals surface area (Å²) in [5.74, 6) is -1.90. The van der Waals surface area contributed by atoms with Crippen LogP contribution in [0.25, 0.3) is 22.5 Å². The largest absolute Gasteiger partial charge is 0.490 e. The van der Waals surface area contributed by atoms with E-state index in [1.165, 1.54) is 0 Å². The van der Waals surface area contributed by atoms with Gasteiger partial charge >= 0.3 is 12.1 Å². The monoisotopic (exact) mass is 540 g/mol. The molecule has 37 heavy (non-hydrogen) atoms. The average molecular weight is 541 g/mol. The highest BCUT2D eigenvalue weighted by atomic mass is 32.2. The van der Waals surface area contributed by atoms with E-state index in [1.807, 2.05) is 39.8 Å². The molecule has 2 aromatic heterocycles. The van der Waals surface area contributed by atoms with Gasteiger partial charge < -0.3 is 15.4 Å². The molecule has 0 radical (unpaired) electrons. The SMILES string of the molecule is Cc1cc(-c2cc(-c3cc(S(=O)(=O)N4CCCC4(C)C)ccc3C)cnc2N)on1.O=C(O)C(F)(F)F. The molecule has 3 heterocycles. The van der Waals surface area contributed by atoms with Crippen molar-refractivity contribution in [1.82, 2.24) is 14.4 Å². The van der Waals surface area contributed by atoms with Gasteiger partial charge in [-0.3, -0.25) is 0 Å². The van der Waals surface area contributed by atoms with Gasteiger partial charge in [-0.15, -0.1) is 0 Å². The maximum atomic E-state index is 13.4. The Hall–Kier alpha value is -3.45. The van der Waals surface area contributed by atoms with Crippen LogP contribution in [0.1, 0.15) is 37.9 Å². The van der Waals surface area contributed by atoms with Gasteiger partial charge in [0, 0.05) is 29.9 Å². The number of aliphatic carboxylic acids is 1. The van der Waals surface area contributed by atoms with Crippen molar-refractivity contribution in [2.24, 2.45) is 0 Å². The fourth-order valence-corrected chi connectivity index (χ4v) is 5.91. The van der Waals surface area contributed by atoms with E-state index in [4.69, 9.17) is 20.2 Å². The first-order valence-corrected chi connectivity index (χ1v) is 12.6. The number of aryl methyl sites for hydroxylation is 2. The van der Waals surface area contributed by atoms with Crippen LogP contribution >= 0.6 is 0 Å². The number of carbonyl (C=O) groups is 1. The van der Waals surface area contributed by atoms with E-state index >= 15 is 0 Å². The topological polar surface area (TPSA) is 140 Å².